The lowest BCUT2D eigenvalue weighted by Gasteiger charge is -2.20. The highest BCUT2D eigenvalue weighted by atomic mass is 79.9. The number of rotatable bonds is 3. The Morgan fingerprint density at radius 2 is 2.00 bits per heavy atom. The normalized spacial score (nSPS) is 10.0. The summed E-state index contributed by atoms with van der Waals surface area (Å²) in [4.78, 5) is 2.06. The van der Waals surface area contributed by atoms with Gasteiger partial charge in [0.25, 0.3) is 0 Å². The smallest absolute Gasteiger partial charge is 0.0992 e. The van der Waals surface area contributed by atoms with Gasteiger partial charge in [-0.2, -0.15) is 5.26 Å². The van der Waals surface area contributed by atoms with Crippen molar-refractivity contribution in [1.82, 2.24) is 0 Å². The van der Waals surface area contributed by atoms with Crippen molar-refractivity contribution in [2.24, 2.45) is 0 Å². The molecule has 0 N–H and O–H groups in total. The zero-order valence-electron chi connectivity index (χ0n) is 10.4. The van der Waals surface area contributed by atoms with Crippen LogP contribution < -0.4 is 4.90 Å². The van der Waals surface area contributed by atoms with E-state index < -0.39 is 0 Å². The van der Waals surface area contributed by atoms with Gasteiger partial charge in [0.2, 0.25) is 0 Å². The van der Waals surface area contributed by atoms with Crippen LogP contribution in [0.4, 0.5) is 5.69 Å². The second-order valence-electron chi connectivity index (χ2n) is 4.26. The minimum absolute atomic E-state index is 0.635. The van der Waals surface area contributed by atoms with E-state index in [1.54, 1.807) is 6.07 Å². The Balaban J connectivity index is 2.26. The van der Waals surface area contributed by atoms with Crippen molar-refractivity contribution >= 4 is 33.2 Å². The fourth-order valence-corrected chi connectivity index (χ4v) is 2.51. The summed E-state index contributed by atoms with van der Waals surface area (Å²) in [5, 5.41) is 9.75. The molecule has 0 aliphatic rings. The van der Waals surface area contributed by atoms with E-state index in [0.717, 1.165) is 20.7 Å². The standard InChI is InChI=1S/C15H12BrClN2/c1-19(10-12-4-2-3-5-15(12)17)14-7-11(9-18)6-13(16)8-14/h2-8H,10H2,1H3. The van der Waals surface area contributed by atoms with Crippen molar-refractivity contribution in [3.05, 3.63) is 63.1 Å². The summed E-state index contributed by atoms with van der Waals surface area (Å²) in [6.45, 7) is 0.695. The summed E-state index contributed by atoms with van der Waals surface area (Å²) in [5.74, 6) is 0. The van der Waals surface area contributed by atoms with Gasteiger partial charge in [0, 0.05) is 28.8 Å². The van der Waals surface area contributed by atoms with Crippen LogP contribution in [-0.2, 0) is 6.54 Å². The molecule has 19 heavy (non-hydrogen) atoms. The molecule has 0 fully saturated rings. The Morgan fingerprint density at radius 3 is 2.68 bits per heavy atom. The number of nitrogens with zero attached hydrogens (tertiary/aromatic N) is 2. The summed E-state index contributed by atoms with van der Waals surface area (Å²) in [7, 11) is 1.98. The van der Waals surface area contributed by atoms with E-state index in [1.165, 1.54) is 0 Å². The average molecular weight is 336 g/mol. The average Bonchev–Trinajstić information content (AvgIpc) is 2.40. The second-order valence-corrected chi connectivity index (χ2v) is 5.58. The molecule has 0 spiro atoms. The van der Waals surface area contributed by atoms with Crippen LogP contribution in [0.2, 0.25) is 5.02 Å². The van der Waals surface area contributed by atoms with Crippen molar-refractivity contribution in [3.63, 3.8) is 0 Å². The summed E-state index contributed by atoms with van der Waals surface area (Å²) >= 11 is 9.58. The van der Waals surface area contributed by atoms with Gasteiger partial charge in [-0.05, 0) is 29.8 Å². The van der Waals surface area contributed by atoms with Crippen molar-refractivity contribution in [1.29, 1.82) is 5.26 Å². The number of anilines is 1. The van der Waals surface area contributed by atoms with E-state index in [4.69, 9.17) is 16.9 Å². The van der Waals surface area contributed by atoms with Crippen molar-refractivity contribution in [2.45, 2.75) is 6.54 Å². The van der Waals surface area contributed by atoms with E-state index >= 15 is 0 Å². The summed E-state index contributed by atoms with van der Waals surface area (Å²) in [6, 6.07) is 15.6. The third kappa shape index (κ3) is 3.50. The fraction of sp³-hybridized carbons (Fsp3) is 0.133. The first-order valence-electron chi connectivity index (χ1n) is 5.75. The maximum absolute atomic E-state index is 8.99. The maximum Gasteiger partial charge on any atom is 0.0992 e. The van der Waals surface area contributed by atoms with Gasteiger partial charge in [0.1, 0.15) is 0 Å². The van der Waals surface area contributed by atoms with Gasteiger partial charge in [-0.1, -0.05) is 45.7 Å². The molecule has 0 saturated carbocycles. The van der Waals surface area contributed by atoms with E-state index in [2.05, 4.69) is 26.9 Å². The molecule has 96 valence electrons. The van der Waals surface area contributed by atoms with Crippen LogP contribution in [0, 0.1) is 11.3 Å². The Hall–Kier alpha value is -1.50. The lowest BCUT2D eigenvalue weighted by Crippen LogP contribution is -2.16. The predicted octanol–water partition coefficient (Wildman–Crippen LogP) is 4.61. The topological polar surface area (TPSA) is 27.0 Å². The minimum atomic E-state index is 0.635. The van der Waals surface area contributed by atoms with Gasteiger partial charge in [0.05, 0.1) is 11.6 Å². The van der Waals surface area contributed by atoms with Crippen LogP contribution >= 0.6 is 27.5 Å². The third-order valence-electron chi connectivity index (χ3n) is 2.82. The molecule has 0 aromatic heterocycles. The third-order valence-corrected chi connectivity index (χ3v) is 3.64. The maximum atomic E-state index is 8.99. The molecule has 2 aromatic rings. The molecule has 0 radical (unpaired) electrons. The van der Waals surface area contributed by atoms with E-state index in [9.17, 15) is 0 Å². The second kappa shape index (κ2) is 6.10. The molecule has 0 atom stereocenters. The van der Waals surface area contributed by atoms with Gasteiger partial charge < -0.3 is 4.90 Å². The van der Waals surface area contributed by atoms with E-state index in [-0.39, 0.29) is 0 Å². The Morgan fingerprint density at radius 1 is 1.26 bits per heavy atom. The number of halogens is 2. The Kier molecular flexibility index (Phi) is 4.47. The van der Waals surface area contributed by atoms with Gasteiger partial charge in [-0.3, -0.25) is 0 Å². The first-order chi connectivity index (χ1) is 9.10. The largest absolute Gasteiger partial charge is 0.370 e. The molecular weight excluding hydrogens is 324 g/mol. The molecule has 0 bridgehead atoms. The van der Waals surface area contributed by atoms with Crippen LogP contribution in [0.3, 0.4) is 0 Å². The van der Waals surface area contributed by atoms with Gasteiger partial charge >= 0.3 is 0 Å². The number of nitriles is 1. The molecule has 0 aliphatic carbocycles. The Labute approximate surface area is 126 Å². The molecule has 2 nitrogen and oxygen atoms in total. The first kappa shape index (κ1) is 13.9. The number of hydrogen-bond acceptors (Lipinski definition) is 2. The quantitative estimate of drug-likeness (QED) is 0.819. The lowest BCUT2D eigenvalue weighted by atomic mass is 10.1. The zero-order chi connectivity index (χ0) is 13.8. The molecule has 4 heteroatoms. The van der Waals surface area contributed by atoms with Crippen molar-refractivity contribution in [2.75, 3.05) is 11.9 Å². The zero-order valence-corrected chi connectivity index (χ0v) is 12.7. The Bertz CT molecular complexity index is 634. The molecule has 0 saturated heterocycles. The summed E-state index contributed by atoms with van der Waals surface area (Å²) < 4.78 is 0.896. The van der Waals surface area contributed by atoms with E-state index in [1.807, 2.05) is 43.4 Å². The minimum Gasteiger partial charge on any atom is -0.370 e. The number of benzene rings is 2. The highest BCUT2D eigenvalue weighted by Gasteiger charge is 2.07. The highest BCUT2D eigenvalue weighted by molar-refractivity contribution is 9.10. The molecule has 0 heterocycles. The van der Waals surface area contributed by atoms with E-state index in [0.29, 0.717) is 12.1 Å². The number of hydrogen-bond donors (Lipinski definition) is 0. The molecule has 0 amide bonds. The predicted molar refractivity (Wildman–Crippen MR) is 82.4 cm³/mol. The summed E-state index contributed by atoms with van der Waals surface area (Å²) in [6.07, 6.45) is 0. The summed E-state index contributed by atoms with van der Waals surface area (Å²) in [5.41, 5.74) is 2.67. The molecule has 0 unspecified atom stereocenters. The first-order valence-corrected chi connectivity index (χ1v) is 6.92. The van der Waals surface area contributed by atoms with Crippen LogP contribution in [-0.4, -0.2) is 7.05 Å². The fourth-order valence-electron chi connectivity index (χ4n) is 1.83. The highest BCUT2D eigenvalue weighted by Crippen LogP contribution is 2.24. The monoisotopic (exact) mass is 334 g/mol. The molecule has 2 aromatic carbocycles. The van der Waals surface area contributed by atoms with Crippen LogP contribution in [0.1, 0.15) is 11.1 Å². The SMILES string of the molecule is CN(Cc1ccccc1Cl)c1cc(Br)cc(C#N)c1. The molecule has 0 aliphatic heterocycles. The molecular formula is C15H12BrClN2. The van der Waals surface area contributed by atoms with Gasteiger partial charge in [-0.25, -0.2) is 0 Å². The van der Waals surface area contributed by atoms with Crippen LogP contribution in [0.5, 0.6) is 0 Å². The lowest BCUT2D eigenvalue weighted by molar-refractivity contribution is 0.922. The van der Waals surface area contributed by atoms with Crippen LogP contribution in [0.15, 0.2) is 46.9 Å². The molecule has 2 rings (SSSR count). The van der Waals surface area contributed by atoms with Crippen molar-refractivity contribution in [3.8, 4) is 6.07 Å². The van der Waals surface area contributed by atoms with Crippen molar-refractivity contribution < 1.29 is 0 Å². The van der Waals surface area contributed by atoms with Gasteiger partial charge in [0.15, 0.2) is 0 Å². The van der Waals surface area contributed by atoms with Gasteiger partial charge in [-0.15, -0.1) is 0 Å². The van der Waals surface area contributed by atoms with Crippen LogP contribution in [0.25, 0.3) is 0 Å².